The molecule has 0 N–H and O–H groups in total. The average Bonchev–Trinajstić information content (AvgIpc) is 1.72. The van der Waals surface area contributed by atoms with Crippen molar-refractivity contribution in [2.75, 3.05) is 0 Å². The fourth-order valence-electron chi connectivity index (χ4n) is 0.225. The first-order chi connectivity index (χ1) is 3.00. The molecule has 0 aliphatic rings. The van der Waals surface area contributed by atoms with Crippen LogP contribution in [0.2, 0.25) is 0 Å². The van der Waals surface area contributed by atoms with Gasteiger partial charge in [-0.25, -0.2) is 9.97 Å². The highest BCUT2D eigenvalue weighted by atomic mass is 14.8. The Kier molecular flexibility index (Phi) is 0.819. The first-order valence-corrected chi connectivity index (χ1v) is 1.62. The Balaban J connectivity index is 0.000000360. The van der Waals surface area contributed by atoms with Gasteiger partial charge in [-0.15, -0.1) is 0 Å². The zero-order chi connectivity index (χ0) is 4.24. The van der Waals surface area contributed by atoms with Crippen LogP contribution in [0, 0.1) is 6.20 Å². The van der Waals surface area contributed by atoms with Crippen LogP contribution in [0.4, 0.5) is 0 Å². The monoisotopic (exact) mass is 80.0 g/mol. The molecule has 1 heterocycles. The maximum absolute atomic E-state index is 3.64. The van der Waals surface area contributed by atoms with E-state index in [9.17, 15) is 0 Å². The van der Waals surface area contributed by atoms with Crippen LogP contribution in [0.1, 0.15) is 1.43 Å². The highest BCUT2D eigenvalue weighted by molar-refractivity contribution is 4.72. The summed E-state index contributed by atoms with van der Waals surface area (Å²) in [6.07, 6.45) is 5.66. The molecule has 0 aromatic carbocycles. The minimum atomic E-state index is 0. The van der Waals surface area contributed by atoms with Crippen molar-refractivity contribution < 1.29 is 1.43 Å². The van der Waals surface area contributed by atoms with Gasteiger partial charge in [0.2, 0.25) is 0 Å². The molecule has 0 atom stereocenters. The molecule has 2 heteroatoms. The molecular weight excluding hydrogens is 76.1 g/mol. The molecule has 1 radical (unpaired) electrons. The third-order valence-corrected chi connectivity index (χ3v) is 0.434. The van der Waals surface area contributed by atoms with Gasteiger partial charge in [0, 0.05) is 6.20 Å². The van der Waals surface area contributed by atoms with E-state index >= 15 is 0 Å². The summed E-state index contributed by atoms with van der Waals surface area (Å²) in [4.78, 5) is 7.19. The average molecular weight is 80.1 g/mol. The first kappa shape index (κ1) is 3.28. The van der Waals surface area contributed by atoms with E-state index in [0.29, 0.717) is 0 Å². The molecular formula is C4H4N2+. The lowest BCUT2D eigenvalue weighted by Gasteiger charge is -1.68. The fourth-order valence-corrected chi connectivity index (χ4v) is 0.225. The molecule has 0 aliphatic carbocycles. The Morgan fingerprint density at radius 3 is 2.83 bits per heavy atom. The largest absolute Gasteiger partial charge is 1.00 e. The van der Waals surface area contributed by atoms with Gasteiger partial charge in [-0.3, -0.25) is 0 Å². The van der Waals surface area contributed by atoms with Crippen molar-refractivity contribution in [3.05, 3.63) is 24.8 Å². The summed E-state index contributed by atoms with van der Waals surface area (Å²) in [5.41, 5.74) is 0. The molecule has 1 aromatic rings. The number of nitrogens with zero attached hydrogens (tertiary/aromatic N) is 2. The lowest BCUT2D eigenvalue weighted by molar-refractivity contribution is 1.16. The second-order valence-electron chi connectivity index (χ2n) is 0.838. The first-order valence-electron chi connectivity index (χ1n) is 1.62. The molecule has 6 heavy (non-hydrogen) atoms. The molecule has 0 amide bonds. The van der Waals surface area contributed by atoms with E-state index in [2.05, 4.69) is 16.2 Å². The Hall–Kier alpha value is -0.920. The molecule has 0 aliphatic heterocycles. The minimum absolute atomic E-state index is 0. The van der Waals surface area contributed by atoms with Crippen LogP contribution >= 0.6 is 0 Å². The smallest absolute Gasteiger partial charge is 0.245 e. The van der Waals surface area contributed by atoms with E-state index in [1.807, 2.05) is 0 Å². The maximum atomic E-state index is 3.64. The summed E-state index contributed by atoms with van der Waals surface area (Å²) in [6, 6.07) is 1.65. The van der Waals surface area contributed by atoms with Crippen molar-refractivity contribution in [1.82, 2.24) is 9.97 Å². The molecule has 29 valence electrons. The molecule has 0 unspecified atom stereocenters. The van der Waals surface area contributed by atoms with Crippen LogP contribution < -0.4 is 0 Å². The van der Waals surface area contributed by atoms with Crippen LogP contribution in [0.5, 0.6) is 0 Å². The van der Waals surface area contributed by atoms with E-state index in [1.165, 1.54) is 6.33 Å². The van der Waals surface area contributed by atoms with Crippen LogP contribution in [0.15, 0.2) is 18.6 Å². The van der Waals surface area contributed by atoms with Gasteiger partial charge in [0.05, 0.1) is 6.20 Å². The third kappa shape index (κ3) is 0.516. The van der Waals surface area contributed by atoms with E-state index in [-0.39, 0.29) is 1.43 Å². The van der Waals surface area contributed by atoms with Crippen molar-refractivity contribution in [2.24, 2.45) is 0 Å². The second kappa shape index (κ2) is 1.50. The Bertz CT molecular complexity index is 81.6. The van der Waals surface area contributed by atoms with Crippen molar-refractivity contribution >= 4 is 0 Å². The summed E-state index contributed by atoms with van der Waals surface area (Å²) >= 11 is 0. The minimum Gasteiger partial charge on any atom is -0.245 e. The SMILES string of the molecule is [H+].[c]1ccncn1. The van der Waals surface area contributed by atoms with Crippen LogP contribution in [0.25, 0.3) is 0 Å². The summed E-state index contributed by atoms with van der Waals surface area (Å²) in [7, 11) is 0. The van der Waals surface area contributed by atoms with Gasteiger partial charge in [0.25, 0.3) is 0 Å². The van der Waals surface area contributed by atoms with Crippen molar-refractivity contribution in [3.8, 4) is 0 Å². The molecule has 0 spiro atoms. The van der Waals surface area contributed by atoms with Gasteiger partial charge in [-0.1, -0.05) is 0 Å². The van der Waals surface area contributed by atoms with E-state index < -0.39 is 0 Å². The van der Waals surface area contributed by atoms with Crippen molar-refractivity contribution in [3.63, 3.8) is 0 Å². The fraction of sp³-hybridized carbons (Fsp3) is 0. The number of hydrogen-bond acceptors (Lipinski definition) is 2. The van der Waals surface area contributed by atoms with E-state index in [4.69, 9.17) is 0 Å². The lowest BCUT2D eigenvalue weighted by atomic mass is 10.7. The zero-order valence-electron chi connectivity index (χ0n) is 4.13. The standard InChI is InChI=1S/C4H3N2/c1-2-5-4-6-3-1/h1-2,4H/p+1. The maximum Gasteiger partial charge on any atom is 1.00 e. The molecule has 2 nitrogen and oxygen atoms in total. The predicted molar refractivity (Wildman–Crippen MR) is 22.0 cm³/mol. The molecule has 0 saturated heterocycles. The summed E-state index contributed by atoms with van der Waals surface area (Å²) < 4.78 is 0. The Morgan fingerprint density at radius 1 is 1.67 bits per heavy atom. The van der Waals surface area contributed by atoms with Crippen LogP contribution in [-0.4, -0.2) is 9.97 Å². The van der Waals surface area contributed by atoms with Crippen molar-refractivity contribution in [2.45, 2.75) is 0 Å². The van der Waals surface area contributed by atoms with Crippen molar-refractivity contribution in [1.29, 1.82) is 0 Å². The Morgan fingerprint density at radius 2 is 2.67 bits per heavy atom. The molecule has 1 rings (SSSR count). The van der Waals surface area contributed by atoms with E-state index in [0.717, 1.165) is 0 Å². The lowest BCUT2D eigenvalue weighted by Crippen LogP contribution is -1.67. The van der Waals surface area contributed by atoms with Gasteiger partial charge < -0.3 is 0 Å². The molecule has 0 bridgehead atoms. The summed E-state index contributed by atoms with van der Waals surface area (Å²) in [5, 5.41) is 0. The van der Waals surface area contributed by atoms with Gasteiger partial charge in [0.1, 0.15) is 6.33 Å². The van der Waals surface area contributed by atoms with Gasteiger partial charge in [0.15, 0.2) is 0 Å². The number of aromatic nitrogens is 2. The highest BCUT2D eigenvalue weighted by Crippen LogP contribution is 1.65. The highest BCUT2D eigenvalue weighted by Gasteiger charge is 1.60. The molecule has 1 aromatic heterocycles. The summed E-state index contributed by atoms with van der Waals surface area (Å²) in [6.45, 7) is 0. The third-order valence-electron chi connectivity index (χ3n) is 0.434. The summed E-state index contributed by atoms with van der Waals surface area (Å²) in [5.74, 6) is 0. The van der Waals surface area contributed by atoms with Gasteiger partial charge >= 0.3 is 1.43 Å². The molecule has 0 saturated carbocycles. The van der Waals surface area contributed by atoms with Gasteiger partial charge in [-0.2, -0.15) is 0 Å². The van der Waals surface area contributed by atoms with Crippen LogP contribution in [0.3, 0.4) is 0 Å². The zero-order valence-corrected chi connectivity index (χ0v) is 3.13. The van der Waals surface area contributed by atoms with Gasteiger partial charge in [-0.05, 0) is 6.07 Å². The molecule has 0 fully saturated rings. The quantitative estimate of drug-likeness (QED) is 0.450. The number of hydrogen-bond donors (Lipinski definition) is 0. The predicted octanol–water partition coefficient (Wildman–Crippen LogP) is 0.389. The number of rotatable bonds is 0. The second-order valence-corrected chi connectivity index (χ2v) is 0.838. The topological polar surface area (TPSA) is 25.8 Å². The normalized spacial score (nSPS) is 8.00. The Labute approximate surface area is 37.4 Å². The van der Waals surface area contributed by atoms with E-state index in [1.54, 1.807) is 12.3 Å². The van der Waals surface area contributed by atoms with Crippen LogP contribution in [-0.2, 0) is 0 Å².